The number of nitrogens with zero attached hydrogens (tertiary/aromatic N) is 2. The normalized spacial score (nSPS) is 19.5. The number of ketones is 1. The fourth-order valence-corrected chi connectivity index (χ4v) is 2.01. The minimum Gasteiger partial charge on any atom is -0.299 e. The number of hydrogen-bond donors (Lipinski definition) is 0. The van der Waals surface area contributed by atoms with E-state index in [-0.39, 0.29) is 11.7 Å². The molecule has 1 aromatic rings. The summed E-state index contributed by atoms with van der Waals surface area (Å²) in [6, 6.07) is 6.81. The van der Waals surface area contributed by atoms with Crippen LogP contribution in [0.5, 0.6) is 0 Å². The van der Waals surface area contributed by atoms with Crippen molar-refractivity contribution in [2.75, 3.05) is 5.01 Å². The minimum atomic E-state index is -0.756. The molecule has 0 bridgehead atoms. The zero-order valence-electron chi connectivity index (χ0n) is 9.48. The number of amides is 1. The molecule has 4 nitrogen and oxygen atoms in total. The average molecular weight is 251 g/mol. The van der Waals surface area contributed by atoms with Gasteiger partial charge in [0.1, 0.15) is 11.7 Å². The number of Topliss-reactive ketones (excluding diaryl/α,β-unsaturated/α-hetero) is 1. The van der Waals surface area contributed by atoms with Crippen LogP contribution in [0.3, 0.4) is 0 Å². The van der Waals surface area contributed by atoms with Gasteiger partial charge >= 0.3 is 0 Å². The Labute approximate surface area is 104 Å². The summed E-state index contributed by atoms with van der Waals surface area (Å²) in [6.07, 6.45) is 0. The fourth-order valence-electron chi connectivity index (χ4n) is 1.83. The summed E-state index contributed by atoms with van der Waals surface area (Å²) in [4.78, 5) is 23.4. The SMILES string of the molecule is CC(=O)[C@H]1C(=O)N(c2cccc(Cl)c2)N=C1C. The van der Waals surface area contributed by atoms with E-state index in [2.05, 4.69) is 5.10 Å². The van der Waals surface area contributed by atoms with E-state index in [4.69, 9.17) is 11.6 Å². The van der Waals surface area contributed by atoms with E-state index >= 15 is 0 Å². The van der Waals surface area contributed by atoms with Crippen molar-refractivity contribution in [3.8, 4) is 0 Å². The topological polar surface area (TPSA) is 49.7 Å². The van der Waals surface area contributed by atoms with Crippen LogP contribution in [0.4, 0.5) is 5.69 Å². The fraction of sp³-hybridized carbons (Fsp3) is 0.250. The lowest BCUT2D eigenvalue weighted by Crippen LogP contribution is -2.31. The summed E-state index contributed by atoms with van der Waals surface area (Å²) in [5.74, 6) is -1.27. The Hall–Kier alpha value is -1.68. The first-order valence-corrected chi connectivity index (χ1v) is 5.53. The predicted octanol–water partition coefficient (Wildman–Crippen LogP) is 2.27. The molecule has 0 fully saturated rings. The maximum atomic E-state index is 12.0. The van der Waals surface area contributed by atoms with Crippen molar-refractivity contribution in [3.63, 3.8) is 0 Å². The molecule has 5 heteroatoms. The Morgan fingerprint density at radius 2 is 2.18 bits per heavy atom. The van der Waals surface area contributed by atoms with Gasteiger partial charge in [0.2, 0.25) is 0 Å². The second-order valence-corrected chi connectivity index (χ2v) is 4.35. The molecule has 0 unspecified atom stereocenters. The molecule has 17 heavy (non-hydrogen) atoms. The number of carbonyl (C=O) groups is 2. The Kier molecular flexibility index (Phi) is 2.98. The standard InChI is InChI=1S/C12H11ClN2O2/c1-7-11(8(2)16)12(17)15(14-7)10-5-3-4-9(13)6-10/h3-6,11H,1-2H3/t11-/m0/s1. The van der Waals surface area contributed by atoms with Crippen LogP contribution in [0.25, 0.3) is 0 Å². The summed E-state index contributed by atoms with van der Waals surface area (Å²) in [5.41, 5.74) is 1.09. The monoisotopic (exact) mass is 250 g/mol. The first kappa shape index (κ1) is 11.8. The Balaban J connectivity index is 2.37. The number of carbonyl (C=O) groups excluding carboxylic acids is 2. The molecule has 0 radical (unpaired) electrons. The molecular formula is C12H11ClN2O2. The molecule has 2 rings (SSSR count). The van der Waals surface area contributed by atoms with Gasteiger partial charge in [0.15, 0.2) is 0 Å². The molecule has 0 saturated heterocycles. The van der Waals surface area contributed by atoms with Gasteiger partial charge in [-0.1, -0.05) is 17.7 Å². The number of hydrazone groups is 1. The van der Waals surface area contributed by atoms with Gasteiger partial charge in [-0.3, -0.25) is 9.59 Å². The third-order valence-corrected chi connectivity index (χ3v) is 2.83. The van der Waals surface area contributed by atoms with Gasteiger partial charge in [0.05, 0.1) is 11.4 Å². The van der Waals surface area contributed by atoms with Crippen LogP contribution < -0.4 is 5.01 Å². The van der Waals surface area contributed by atoms with Crippen molar-refractivity contribution in [2.45, 2.75) is 13.8 Å². The maximum absolute atomic E-state index is 12.0. The Morgan fingerprint density at radius 3 is 2.71 bits per heavy atom. The van der Waals surface area contributed by atoms with E-state index in [0.717, 1.165) is 0 Å². The lowest BCUT2D eigenvalue weighted by atomic mass is 10.0. The second-order valence-electron chi connectivity index (χ2n) is 3.91. The molecule has 1 aliphatic rings. The zero-order valence-corrected chi connectivity index (χ0v) is 10.2. The minimum absolute atomic E-state index is 0.194. The molecule has 1 aromatic carbocycles. The summed E-state index contributed by atoms with van der Waals surface area (Å²) in [5, 5.41) is 5.86. The first-order chi connectivity index (χ1) is 8.00. The Morgan fingerprint density at radius 1 is 1.47 bits per heavy atom. The summed E-state index contributed by atoms with van der Waals surface area (Å²) in [6.45, 7) is 3.07. The van der Waals surface area contributed by atoms with Crippen LogP contribution in [0.15, 0.2) is 29.4 Å². The van der Waals surface area contributed by atoms with Crippen molar-refractivity contribution in [2.24, 2.45) is 11.0 Å². The lowest BCUT2D eigenvalue weighted by Gasteiger charge is -2.13. The van der Waals surface area contributed by atoms with E-state index in [1.807, 2.05) is 0 Å². The Bertz CT molecular complexity index is 525. The van der Waals surface area contributed by atoms with E-state index in [1.54, 1.807) is 31.2 Å². The smallest absolute Gasteiger partial charge is 0.263 e. The molecule has 1 atom stereocenters. The van der Waals surface area contributed by atoms with Gasteiger partial charge in [-0.25, -0.2) is 0 Å². The van der Waals surface area contributed by atoms with E-state index in [9.17, 15) is 9.59 Å². The quantitative estimate of drug-likeness (QED) is 0.756. The van der Waals surface area contributed by atoms with E-state index in [1.165, 1.54) is 11.9 Å². The van der Waals surface area contributed by atoms with Crippen molar-refractivity contribution < 1.29 is 9.59 Å². The van der Waals surface area contributed by atoms with Crippen molar-refractivity contribution in [3.05, 3.63) is 29.3 Å². The highest BCUT2D eigenvalue weighted by molar-refractivity contribution is 6.31. The number of halogens is 1. The maximum Gasteiger partial charge on any atom is 0.263 e. The lowest BCUT2D eigenvalue weighted by molar-refractivity contribution is -0.127. The van der Waals surface area contributed by atoms with Crippen molar-refractivity contribution >= 4 is 34.7 Å². The molecule has 1 heterocycles. The predicted molar refractivity (Wildman–Crippen MR) is 66.2 cm³/mol. The van der Waals surface area contributed by atoms with Crippen LogP contribution in [0, 0.1) is 5.92 Å². The van der Waals surface area contributed by atoms with Gasteiger partial charge in [-0.15, -0.1) is 0 Å². The van der Waals surface area contributed by atoms with Crippen LogP contribution in [0.1, 0.15) is 13.8 Å². The molecule has 0 spiro atoms. The van der Waals surface area contributed by atoms with Crippen LogP contribution in [-0.4, -0.2) is 17.4 Å². The zero-order chi connectivity index (χ0) is 12.6. The van der Waals surface area contributed by atoms with Gasteiger partial charge in [0.25, 0.3) is 5.91 Å². The number of anilines is 1. The van der Waals surface area contributed by atoms with Gasteiger partial charge in [0, 0.05) is 5.02 Å². The molecule has 0 aromatic heterocycles. The van der Waals surface area contributed by atoms with Crippen molar-refractivity contribution in [1.82, 2.24) is 0 Å². The number of hydrogen-bond acceptors (Lipinski definition) is 3. The average Bonchev–Trinajstić information content (AvgIpc) is 2.54. The van der Waals surface area contributed by atoms with Crippen LogP contribution in [0.2, 0.25) is 5.02 Å². The molecule has 0 N–H and O–H groups in total. The summed E-state index contributed by atoms with van der Waals surface area (Å²) >= 11 is 5.85. The van der Waals surface area contributed by atoms with Gasteiger partial charge < -0.3 is 0 Å². The third kappa shape index (κ3) is 2.08. The number of rotatable bonds is 2. The summed E-state index contributed by atoms with van der Waals surface area (Å²) in [7, 11) is 0. The van der Waals surface area contributed by atoms with Crippen LogP contribution in [-0.2, 0) is 9.59 Å². The second kappa shape index (κ2) is 4.30. The first-order valence-electron chi connectivity index (χ1n) is 5.16. The molecule has 88 valence electrons. The van der Waals surface area contributed by atoms with Crippen LogP contribution >= 0.6 is 11.6 Å². The van der Waals surface area contributed by atoms with Gasteiger partial charge in [-0.2, -0.15) is 10.1 Å². The summed E-state index contributed by atoms with van der Waals surface area (Å²) < 4.78 is 0. The van der Waals surface area contributed by atoms with E-state index < -0.39 is 5.92 Å². The highest BCUT2D eigenvalue weighted by atomic mass is 35.5. The molecular weight excluding hydrogens is 240 g/mol. The number of benzene rings is 1. The highest BCUT2D eigenvalue weighted by Gasteiger charge is 2.37. The van der Waals surface area contributed by atoms with E-state index in [0.29, 0.717) is 16.4 Å². The van der Waals surface area contributed by atoms with Crippen molar-refractivity contribution in [1.29, 1.82) is 0 Å². The largest absolute Gasteiger partial charge is 0.299 e. The molecule has 1 aliphatic heterocycles. The molecule has 0 aliphatic carbocycles. The molecule has 0 saturated carbocycles. The molecule has 1 amide bonds. The highest BCUT2D eigenvalue weighted by Crippen LogP contribution is 2.26. The third-order valence-electron chi connectivity index (χ3n) is 2.59. The van der Waals surface area contributed by atoms with Gasteiger partial charge in [-0.05, 0) is 32.0 Å².